The highest BCUT2D eigenvalue weighted by molar-refractivity contribution is 14.0. The molecular formula is C20H31IN4O. The molecule has 0 atom stereocenters. The number of nitrogens with zero attached hydrogens (tertiary/aromatic N) is 2. The SMILES string of the molecule is CCNC(=O)c1cccc(CNC(=NC)N2CCC3(CCCC3)C2)c1.I. The Morgan fingerprint density at radius 1 is 1.23 bits per heavy atom. The zero-order chi connectivity index (χ0) is 17.7. The number of halogens is 1. The lowest BCUT2D eigenvalue weighted by Gasteiger charge is -2.26. The van der Waals surface area contributed by atoms with Gasteiger partial charge in [0.1, 0.15) is 0 Å². The highest BCUT2D eigenvalue weighted by Crippen LogP contribution is 2.45. The van der Waals surface area contributed by atoms with Crippen LogP contribution < -0.4 is 10.6 Å². The predicted molar refractivity (Wildman–Crippen MR) is 117 cm³/mol. The second kappa shape index (κ2) is 9.58. The highest BCUT2D eigenvalue weighted by atomic mass is 127. The summed E-state index contributed by atoms with van der Waals surface area (Å²) in [6, 6.07) is 7.79. The molecule has 6 heteroatoms. The van der Waals surface area contributed by atoms with Gasteiger partial charge in [-0.3, -0.25) is 9.79 Å². The van der Waals surface area contributed by atoms with Gasteiger partial charge in [-0.1, -0.05) is 25.0 Å². The lowest BCUT2D eigenvalue weighted by molar-refractivity contribution is 0.0955. The van der Waals surface area contributed by atoms with Gasteiger partial charge in [0.25, 0.3) is 5.91 Å². The van der Waals surface area contributed by atoms with E-state index in [-0.39, 0.29) is 29.9 Å². The van der Waals surface area contributed by atoms with Crippen LogP contribution in [0.2, 0.25) is 0 Å². The van der Waals surface area contributed by atoms with Gasteiger partial charge in [-0.15, -0.1) is 24.0 Å². The van der Waals surface area contributed by atoms with Gasteiger partial charge in [0.2, 0.25) is 0 Å². The van der Waals surface area contributed by atoms with Crippen LogP contribution in [0.5, 0.6) is 0 Å². The molecular weight excluding hydrogens is 439 g/mol. The number of carbonyl (C=O) groups is 1. The Kier molecular flexibility index (Phi) is 7.73. The summed E-state index contributed by atoms with van der Waals surface area (Å²) >= 11 is 0. The zero-order valence-electron chi connectivity index (χ0n) is 15.9. The smallest absolute Gasteiger partial charge is 0.251 e. The minimum absolute atomic E-state index is 0. The molecule has 5 nitrogen and oxygen atoms in total. The summed E-state index contributed by atoms with van der Waals surface area (Å²) < 4.78 is 0. The summed E-state index contributed by atoms with van der Waals surface area (Å²) in [6.45, 7) is 5.48. The zero-order valence-corrected chi connectivity index (χ0v) is 18.2. The summed E-state index contributed by atoms with van der Waals surface area (Å²) in [5.74, 6) is 0.962. The lowest BCUT2D eigenvalue weighted by Crippen LogP contribution is -2.40. The van der Waals surface area contributed by atoms with Crippen molar-refractivity contribution in [1.29, 1.82) is 0 Å². The molecule has 1 spiro atoms. The molecule has 0 bridgehead atoms. The molecule has 1 saturated carbocycles. The third kappa shape index (κ3) is 4.90. The fourth-order valence-electron chi connectivity index (χ4n) is 4.25. The Bertz CT molecular complexity index is 640. The second-order valence-electron chi connectivity index (χ2n) is 7.34. The molecule has 1 saturated heterocycles. The van der Waals surface area contributed by atoms with Crippen molar-refractivity contribution in [2.24, 2.45) is 10.4 Å². The van der Waals surface area contributed by atoms with E-state index in [2.05, 4.69) is 20.5 Å². The van der Waals surface area contributed by atoms with Crippen molar-refractivity contribution < 1.29 is 4.79 Å². The van der Waals surface area contributed by atoms with Gasteiger partial charge in [0, 0.05) is 38.8 Å². The Morgan fingerprint density at radius 2 is 2.00 bits per heavy atom. The maximum atomic E-state index is 12.0. The number of hydrogen-bond donors (Lipinski definition) is 2. The normalized spacial score (nSPS) is 18.7. The van der Waals surface area contributed by atoms with Crippen LogP contribution in [0.25, 0.3) is 0 Å². The molecule has 1 aromatic carbocycles. The standard InChI is InChI=1S/C20H30N4O.HI/c1-3-22-18(25)17-8-6-7-16(13-17)14-23-19(21-2)24-12-11-20(15-24)9-4-5-10-20;/h6-8,13H,3-5,9-12,14-15H2,1-2H3,(H,21,23)(H,22,25);1H. The second-order valence-corrected chi connectivity index (χ2v) is 7.34. The van der Waals surface area contributed by atoms with Gasteiger partial charge in [0.05, 0.1) is 0 Å². The van der Waals surface area contributed by atoms with Crippen LogP contribution in [0.1, 0.15) is 54.9 Å². The van der Waals surface area contributed by atoms with Gasteiger partial charge in [-0.05, 0) is 49.3 Å². The number of benzene rings is 1. The van der Waals surface area contributed by atoms with E-state index in [4.69, 9.17) is 0 Å². The van der Waals surface area contributed by atoms with Crippen LogP contribution in [0.4, 0.5) is 0 Å². The molecule has 1 heterocycles. The van der Waals surface area contributed by atoms with Crippen LogP contribution in [0, 0.1) is 5.41 Å². The first-order valence-electron chi connectivity index (χ1n) is 9.48. The molecule has 1 amide bonds. The van der Waals surface area contributed by atoms with Crippen LogP contribution >= 0.6 is 24.0 Å². The number of rotatable bonds is 4. The first-order valence-corrected chi connectivity index (χ1v) is 9.48. The van der Waals surface area contributed by atoms with Crippen LogP contribution in [0.3, 0.4) is 0 Å². The molecule has 2 N–H and O–H groups in total. The first kappa shape index (κ1) is 21.0. The van der Waals surface area contributed by atoms with E-state index in [0.717, 1.165) is 24.6 Å². The quantitative estimate of drug-likeness (QED) is 0.403. The van der Waals surface area contributed by atoms with E-state index in [1.807, 2.05) is 38.2 Å². The van der Waals surface area contributed by atoms with Gasteiger partial charge in [0.15, 0.2) is 5.96 Å². The molecule has 0 unspecified atom stereocenters. The van der Waals surface area contributed by atoms with Gasteiger partial charge in [-0.2, -0.15) is 0 Å². The van der Waals surface area contributed by atoms with E-state index in [9.17, 15) is 4.79 Å². The summed E-state index contributed by atoms with van der Waals surface area (Å²) in [5, 5.41) is 6.32. The predicted octanol–water partition coefficient (Wildman–Crippen LogP) is 3.40. The van der Waals surface area contributed by atoms with Crippen molar-refractivity contribution in [3.05, 3.63) is 35.4 Å². The Labute approximate surface area is 174 Å². The summed E-state index contributed by atoms with van der Waals surface area (Å²) in [7, 11) is 1.85. The van der Waals surface area contributed by atoms with Gasteiger partial charge in [-0.25, -0.2) is 0 Å². The number of nitrogens with one attached hydrogen (secondary N) is 2. The number of guanidine groups is 1. The molecule has 2 aliphatic rings. The molecule has 1 aromatic rings. The molecule has 1 aliphatic carbocycles. The van der Waals surface area contributed by atoms with Crippen molar-refractivity contribution in [2.45, 2.75) is 45.6 Å². The number of aliphatic imine (C=N–C) groups is 1. The minimum Gasteiger partial charge on any atom is -0.352 e. The average molecular weight is 470 g/mol. The average Bonchev–Trinajstić information content (AvgIpc) is 3.26. The number of likely N-dealkylation sites (tertiary alicyclic amines) is 1. The summed E-state index contributed by atoms with van der Waals surface area (Å²) in [5.41, 5.74) is 2.34. The van der Waals surface area contributed by atoms with Crippen LogP contribution in [0.15, 0.2) is 29.3 Å². The number of hydrogen-bond acceptors (Lipinski definition) is 2. The van der Waals surface area contributed by atoms with Crippen molar-refractivity contribution in [3.63, 3.8) is 0 Å². The van der Waals surface area contributed by atoms with Crippen molar-refractivity contribution in [1.82, 2.24) is 15.5 Å². The molecule has 2 fully saturated rings. The fraction of sp³-hybridized carbons (Fsp3) is 0.600. The maximum absolute atomic E-state index is 12.0. The minimum atomic E-state index is -0.0172. The van der Waals surface area contributed by atoms with Crippen LogP contribution in [-0.2, 0) is 6.54 Å². The van der Waals surface area contributed by atoms with Crippen molar-refractivity contribution >= 4 is 35.8 Å². The van der Waals surface area contributed by atoms with E-state index >= 15 is 0 Å². The van der Waals surface area contributed by atoms with E-state index < -0.39 is 0 Å². The maximum Gasteiger partial charge on any atom is 0.251 e. The third-order valence-corrected chi connectivity index (χ3v) is 5.59. The molecule has 0 aromatic heterocycles. The lowest BCUT2D eigenvalue weighted by atomic mass is 9.86. The Balaban J connectivity index is 0.00000243. The summed E-state index contributed by atoms with van der Waals surface area (Å²) in [6.07, 6.45) is 6.80. The monoisotopic (exact) mass is 470 g/mol. The van der Waals surface area contributed by atoms with Gasteiger partial charge < -0.3 is 15.5 Å². The molecule has 26 heavy (non-hydrogen) atoms. The highest BCUT2D eigenvalue weighted by Gasteiger charge is 2.41. The fourth-order valence-corrected chi connectivity index (χ4v) is 4.25. The summed E-state index contributed by atoms with van der Waals surface area (Å²) in [4.78, 5) is 18.9. The Morgan fingerprint density at radius 3 is 2.69 bits per heavy atom. The third-order valence-electron chi connectivity index (χ3n) is 5.59. The molecule has 1 aliphatic heterocycles. The van der Waals surface area contributed by atoms with Crippen molar-refractivity contribution in [2.75, 3.05) is 26.7 Å². The molecule has 144 valence electrons. The Hall–Kier alpha value is -1.31. The number of amides is 1. The van der Waals surface area contributed by atoms with E-state index in [1.165, 1.54) is 32.1 Å². The molecule has 0 radical (unpaired) electrons. The number of carbonyl (C=O) groups excluding carboxylic acids is 1. The largest absolute Gasteiger partial charge is 0.352 e. The molecule has 3 rings (SSSR count). The van der Waals surface area contributed by atoms with Crippen molar-refractivity contribution in [3.8, 4) is 0 Å². The van der Waals surface area contributed by atoms with Gasteiger partial charge >= 0.3 is 0 Å². The van der Waals surface area contributed by atoms with E-state index in [0.29, 0.717) is 24.1 Å². The van der Waals surface area contributed by atoms with E-state index in [1.54, 1.807) is 0 Å². The topological polar surface area (TPSA) is 56.7 Å². The van der Waals surface area contributed by atoms with Crippen LogP contribution in [-0.4, -0.2) is 43.4 Å². The first-order chi connectivity index (χ1) is 12.2.